The molecule has 366 valence electrons. The summed E-state index contributed by atoms with van der Waals surface area (Å²) in [5.74, 6) is -1.02. The van der Waals surface area contributed by atoms with Crippen LogP contribution in [0.5, 0.6) is 0 Å². The standard InChI is InChI=1S/C60H90O6/c1-4-7-10-13-16-19-22-25-27-29-31-32-35-38-41-44-47-50-53-59(62)65-56-57(55-64-58(61)52-49-46-43-40-37-34-24-21-18-15-12-9-6-3)66-60(63)54-51-48-45-42-39-36-33-30-28-26-23-20-17-14-11-8-5-2/h8-9,11-12,14-33,36,39,57H,4-7,10,13,34-35,37-38,40-56H2,1-3H3/b11-8-,12-9-,17-14-,18-15-,19-16-,23-20-,24-21-,25-22-,28-26-,29-27-,32-31-,33-30+,39-36-. The van der Waals surface area contributed by atoms with Crippen LogP contribution in [-0.2, 0) is 28.6 Å². The molecule has 0 bridgehead atoms. The first-order valence-corrected chi connectivity index (χ1v) is 25.7. The van der Waals surface area contributed by atoms with Crippen LogP contribution in [0.25, 0.3) is 0 Å². The van der Waals surface area contributed by atoms with Gasteiger partial charge in [-0.15, -0.1) is 0 Å². The van der Waals surface area contributed by atoms with Gasteiger partial charge in [-0.3, -0.25) is 14.4 Å². The van der Waals surface area contributed by atoms with Gasteiger partial charge in [0.05, 0.1) is 0 Å². The molecule has 1 unspecified atom stereocenters. The van der Waals surface area contributed by atoms with Crippen LogP contribution in [0.4, 0.5) is 0 Å². The second-order valence-electron chi connectivity index (χ2n) is 16.3. The maximum absolute atomic E-state index is 12.8. The Morgan fingerprint density at radius 3 is 0.939 bits per heavy atom. The van der Waals surface area contributed by atoms with Crippen molar-refractivity contribution in [3.8, 4) is 0 Å². The van der Waals surface area contributed by atoms with Crippen molar-refractivity contribution in [3.05, 3.63) is 158 Å². The fourth-order valence-corrected chi connectivity index (χ4v) is 6.25. The Bertz CT molecular complexity index is 1560. The van der Waals surface area contributed by atoms with E-state index in [0.717, 1.165) is 116 Å². The molecular weight excluding hydrogens is 817 g/mol. The summed E-state index contributed by atoms with van der Waals surface area (Å²) in [6, 6.07) is 0. The van der Waals surface area contributed by atoms with Gasteiger partial charge >= 0.3 is 17.9 Å². The lowest BCUT2D eigenvalue weighted by Gasteiger charge is -2.18. The third-order valence-electron chi connectivity index (χ3n) is 10.1. The summed E-state index contributed by atoms with van der Waals surface area (Å²) in [5.41, 5.74) is 0. The van der Waals surface area contributed by atoms with E-state index < -0.39 is 6.10 Å². The van der Waals surface area contributed by atoms with Gasteiger partial charge in [0, 0.05) is 19.3 Å². The summed E-state index contributed by atoms with van der Waals surface area (Å²) in [4.78, 5) is 38.0. The molecule has 0 heterocycles. The highest BCUT2D eigenvalue weighted by atomic mass is 16.6. The number of carbonyl (C=O) groups is 3. The quantitative estimate of drug-likeness (QED) is 0.0262. The molecule has 0 aliphatic heterocycles. The van der Waals surface area contributed by atoms with E-state index in [1.165, 1.54) is 19.3 Å². The molecule has 0 N–H and O–H groups in total. The van der Waals surface area contributed by atoms with Gasteiger partial charge in [0.25, 0.3) is 0 Å². The third kappa shape index (κ3) is 50.0. The number of ether oxygens (including phenoxy) is 3. The van der Waals surface area contributed by atoms with E-state index in [4.69, 9.17) is 14.2 Å². The van der Waals surface area contributed by atoms with Crippen molar-refractivity contribution in [1.82, 2.24) is 0 Å². The normalized spacial score (nSPS) is 13.4. The first-order valence-electron chi connectivity index (χ1n) is 25.7. The molecule has 0 aromatic carbocycles. The second kappa shape index (κ2) is 52.7. The Kier molecular flexibility index (Phi) is 48.7. The Balaban J connectivity index is 4.60. The van der Waals surface area contributed by atoms with Gasteiger partial charge in [-0.2, -0.15) is 0 Å². The van der Waals surface area contributed by atoms with Gasteiger partial charge in [0.15, 0.2) is 6.10 Å². The van der Waals surface area contributed by atoms with Gasteiger partial charge in [0.2, 0.25) is 0 Å². The highest BCUT2D eigenvalue weighted by Gasteiger charge is 2.19. The summed E-state index contributed by atoms with van der Waals surface area (Å²) in [7, 11) is 0. The molecule has 0 saturated carbocycles. The Morgan fingerprint density at radius 2 is 0.591 bits per heavy atom. The molecule has 0 spiro atoms. The van der Waals surface area contributed by atoms with E-state index in [1.54, 1.807) is 0 Å². The Hall–Kier alpha value is -4.97. The molecule has 0 aromatic heterocycles. The van der Waals surface area contributed by atoms with E-state index in [1.807, 2.05) is 66.8 Å². The van der Waals surface area contributed by atoms with Crippen LogP contribution in [0, 0.1) is 0 Å². The largest absolute Gasteiger partial charge is 0.462 e. The topological polar surface area (TPSA) is 78.9 Å². The van der Waals surface area contributed by atoms with Crippen LogP contribution < -0.4 is 0 Å². The fraction of sp³-hybridized carbons (Fsp3) is 0.517. The van der Waals surface area contributed by atoms with Crippen molar-refractivity contribution in [2.75, 3.05) is 13.2 Å². The molecule has 6 nitrogen and oxygen atoms in total. The second-order valence-corrected chi connectivity index (χ2v) is 16.3. The number of esters is 3. The van der Waals surface area contributed by atoms with Gasteiger partial charge in [-0.05, 0) is 83.5 Å². The minimum atomic E-state index is -0.828. The first kappa shape index (κ1) is 61.0. The van der Waals surface area contributed by atoms with Crippen LogP contribution >= 0.6 is 0 Å². The van der Waals surface area contributed by atoms with Gasteiger partial charge in [-0.25, -0.2) is 0 Å². The van der Waals surface area contributed by atoms with E-state index >= 15 is 0 Å². The molecule has 1 atom stereocenters. The lowest BCUT2D eigenvalue weighted by atomic mass is 10.1. The molecule has 0 rings (SSSR count). The fourth-order valence-electron chi connectivity index (χ4n) is 6.25. The molecule has 66 heavy (non-hydrogen) atoms. The summed E-state index contributed by atoms with van der Waals surface area (Å²) >= 11 is 0. The molecule has 0 fully saturated rings. The average molecular weight is 907 g/mol. The first-order chi connectivity index (χ1) is 32.5. The van der Waals surface area contributed by atoms with E-state index in [-0.39, 0.29) is 37.5 Å². The molecule has 0 amide bonds. The molecule has 0 aliphatic rings. The van der Waals surface area contributed by atoms with Crippen LogP contribution in [0.2, 0.25) is 0 Å². The van der Waals surface area contributed by atoms with Crippen molar-refractivity contribution >= 4 is 17.9 Å². The zero-order valence-electron chi connectivity index (χ0n) is 41.6. The number of rotatable bonds is 43. The molecule has 6 heteroatoms. The maximum Gasteiger partial charge on any atom is 0.306 e. The van der Waals surface area contributed by atoms with Gasteiger partial charge in [-0.1, -0.05) is 237 Å². The summed E-state index contributed by atoms with van der Waals surface area (Å²) in [5, 5.41) is 0. The van der Waals surface area contributed by atoms with Gasteiger partial charge in [0.1, 0.15) is 13.2 Å². The Morgan fingerprint density at radius 1 is 0.318 bits per heavy atom. The number of hydrogen-bond acceptors (Lipinski definition) is 6. The zero-order chi connectivity index (χ0) is 47.9. The monoisotopic (exact) mass is 907 g/mol. The minimum absolute atomic E-state index is 0.123. The zero-order valence-corrected chi connectivity index (χ0v) is 41.6. The maximum atomic E-state index is 12.8. The van der Waals surface area contributed by atoms with Crippen molar-refractivity contribution in [2.45, 2.75) is 187 Å². The van der Waals surface area contributed by atoms with Gasteiger partial charge < -0.3 is 14.2 Å². The number of unbranched alkanes of at least 4 members (excludes halogenated alkanes) is 16. The molecule has 0 aromatic rings. The Labute approximate surface area is 403 Å². The highest BCUT2D eigenvalue weighted by Crippen LogP contribution is 2.12. The van der Waals surface area contributed by atoms with Crippen LogP contribution in [0.15, 0.2) is 158 Å². The van der Waals surface area contributed by atoms with Crippen LogP contribution in [-0.4, -0.2) is 37.2 Å². The predicted octanol–water partition coefficient (Wildman–Crippen LogP) is 17.0. The van der Waals surface area contributed by atoms with Crippen LogP contribution in [0.3, 0.4) is 0 Å². The number of carbonyl (C=O) groups excluding carboxylic acids is 3. The lowest BCUT2D eigenvalue weighted by Crippen LogP contribution is -2.30. The van der Waals surface area contributed by atoms with Crippen molar-refractivity contribution < 1.29 is 28.6 Å². The predicted molar refractivity (Wildman–Crippen MR) is 283 cm³/mol. The third-order valence-corrected chi connectivity index (χ3v) is 10.1. The van der Waals surface area contributed by atoms with Crippen molar-refractivity contribution in [1.29, 1.82) is 0 Å². The van der Waals surface area contributed by atoms with E-state index in [0.29, 0.717) is 19.3 Å². The van der Waals surface area contributed by atoms with Crippen molar-refractivity contribution in [3.63, 3.8) is 0 Å². The number of hydrogen-bond donors (Lipinski definition) is 0. The smallest absolute Gasteiger partial charge is 0.306 e. The average Bonchev–Trinajstić information content (AvgIpc) is 3.31. The molecule has 0 aliphatic carbocycles. The molecular formula is C60H90O6. The van der Waals surface area contributed by atoms with Crippen molar-refractivity contribution in [2.24, 2.45) is 0 Å². The van der Waals surface area contributed by atoms with E-state index in [9.17, 15) is 14.4 Å². The highest BCUT2D eigenvalue weighted by molar-refractivity contribution is 5.71. The molecule has 0 radical (unpaired) electrons. The summed E-state index contributed by atoms with van der Waals surface area (Å²) in [6.45, 7) is 6.21. The minimum Gasteiger partial charge on any atom is -0.462 e. The number of allylic oxidation sites excluding steroid dienone is 26. The summed E-state index contributed by atoms with van der Waals surface area (Å²) < 4.78 is 16.7. The summed E-state index contributed by atoms with van der Waals surface area (Å²) in [6.07, 6.45) is 76.4. The molecule has 0 saturated heterocycles. The van der Waals surface area contributed by atoms with Crippen LogP contribution in [0.1, 0.15) is 181 Å². The lowest BCUT2D eigenvalue weighted by molar-refractivity contribution is -0.167. The SMILES string of the molecule is CC\C=C/C=C\C=C/C=C\C=C\C=C/CCCCCC(=O)OC(COC(=O)CCCCCCC\C=C/C=C\C=C/C=C\CCCCC)COC(=O)CCCCCCC\C=C/C=C\C=C/CC. The van der Waals surface area contributed by atoms with E-state index in [2.05, 4.69) is 112 Å².